The van der Waals surface area contributed by atoms with E-state index in [2.05, 4.69) is 5.32 Å². The van der Waals surface area contributed by atoms with Crippen LogP contribution in [0, 0.1) is 11.8 Å². The van der Waals surface area contributed by atoms with Crippen LogP contribution in [-0.4, -0.2) is 59.3 Å². The van der Waals surface area contributed by atoms with Gasteiger partial charge in [0.05, 0.1) is 24.3 Å². The third-order valence-corrected chi connectivity index (χ3v) is 6.86. The summed E-state index contributed by atoms with van der Waals surface area (Å²) < 4.78 is 4.99. The molecule has 3 atom stereocenters. The zero-order chi connectivity index (χ0) is 19.9. The molecule has 1 aliphatic carbocycles. The molecule has 0 bridgehead atoms. The molecule has 2 amide bonds. The predicted octanol–water partition coefficient (Wildman–Crippen LogP) is 2.14. The van der Waals surface area contributed by atoms with Crippen LogP contribution >= 0.6 is 23.5 Å². The SMILES string of the molecule is CCOC(=O)[C@H]1C[C@@H]1C(=O)N[C@@H](CSCc1ccccc1)C(=O)N1CCSC1. The molecule has 152 valence electrons. The fourth-order valence-electron chi connectivity index (χ4n) is 3.13. The average molecular weight is 423 g/mol. The summed E-state index contributed by atoms with van der Waals surface area (Å²) in [5.74, 6) is 1.58. The molecule has 1 aliphatic heterocycles. The molecule has 28 heavy (non-hydrogen) atoms. The number of ether oxygens (including phenoxy) is 1. The van der Waals surface area contributed by atoms with E-state index in [1.54, 1.807) is 35.3 Å². The molecule has 1 aromatic rings. The van der Waals surface area contributed by atoms with Gasteiger partial charge in [0.15, 0.2) is 0 Å². The lowest BCUT2D eigenvalue weighted by Gasteiger charge is -2.23. The number of hydrogen-bond acceptors (Lipinski definition) is 6. The highest BCUT2D eigenvalue weighted by Crippen LogP contribution is 2.39. The normalized spacial score (nSPS) is 21.8. The average Bonchev–Trinajstić information content (AvgIpc) is 3.33. The van der Waals surface area contributed by atoms with Crippen molar-refractivity contribution in [2.24, 2.45) is 11.8 Å². The molecule has 2 fully saturated rings. The minimum atomic E-state index is -0.566. The van der Waals surface area contributed by atoms with E-state index in [-0.39, 0.29) is 29.6 Å². The van der Waals surface area contributed by atoms with Crippen LogP contribution in [-0.2, 0) is 24.9 Å². The Morgan fingerprint density at radius 2 is 2.07 bits per heavy atom. The van der Waals surface area contributed by atoms with E-state index >= 15 is 0 Å². The highest BCUT2D eigenvalue weighted by atomic mass is 32.2. The van der Waals surface area contributed by atoms with E-state index in [1.807, 2.05) is 30.3 Å². The Labute approximate surface area is 174 Å². The maximum absolute atomic E-state index is 12.9. The number of hydrogen-bond donors (Lipinski definition) is 1. The van der Waals surface area contributed by atoms with Crippen LogP contribution in [0.5, 0.6) is 0 Å². The summed E-state index contributed by atoms with van der Waals surface area (Å²) in [6.45, 7) is 2.78. The van der Waals surface area contributed by atoms with Crippen molar-refractivity contribution in [1.29, 1.82) is 0 Å². The van der Waals surface area contributed by atoms with Crippen molar-refractivity contribution in [3.63, 3.8) is 0 Å². The lowest BCUT2D eigenvalue weighted by molar-refractivity contribution is -0.146. The van der Waals surface area contributed by atoms with E-state index in [1.165, 1.54) is 5.56 Å². The van der Waals surface area contributed by atoms with Gasteiger partial charge in [-0.2, -0.15) is 11.8 Å². The van der Waals surface area contributed by atoms with Crippen LogP contribution in [0.15, 0.2) is 30.3 Å². The molecule has 2 aliphatic rings. The van der Waals surface area contributed by atoms with Gasteiger partial charge in [0.25, 0.3) is 0 Å². The monoisotopic (exact) mass is 422 g/mol. The summed E-state index contributed by atoms with van der Waals surface area (Å²) in [4.78, 5) is 39.1. The second-order valence-electron chi connectivity index (χ2n) is 6.90. The number of nitrogens with one attached hydrogen (secondary N) is 1. The fourth-order valence-corrected chi connectivity index (χ4v) is 5.09. The molecule has 0 radical (unpaired) electrons. The molecule has 1 N–H and O–H groups in total. The van der Waals surface area contributed by atoms with Gasteiger partial charge in [-0.1, -0.05) is 30.3 Å². The second kappa shape index (κ2) is 10.2. The van der Waals surface area contributed by atoms with Crippen molar-refractivity contribution >= 4 is 41.3 Å². The molecule has 1 saturated heterocycles. The van der Waals surface area contributed by atoms with E-state index in [0.29, 0.717) is 31.2 Å². The van der Waals surface area contributed by atoms with Crippen molar-refractivity contribution in [1.82, 2.24) is 10.2 Å². The minimum absolute atomic E-state index is 0.0350. The van der Waals surface area contributed by atoms with Gasteiger partial charge in [-0.3, -0.25) is 14.4 Å². The lowest BCUT2D eigenvalue weighted by Crippen LogP contribution is -2.49. The van der Waals surface area contributed by atoms with Gasteiger partial charge in [-0.05, 0) is 18.9 Å². The van der Waals surface area contributed by atoms with Crippen LogP contribution in [0.2, 0.25) is 0 Å². The van der Waals surface area contributed by atoms with Gasteiger partial charge < -0.3 is 15.0 Å². The van der Waals surface area contributed by atoms with E-state index in [4.69, 9.17) is 4.74 Å². The fraction of sp³-hybridized carbons (Fsp3) is 0.550. The first-order chi connectivity index (χ1) is 13.6. The second-order valence-corrected chi connectivity index (χ2v) is 9.01. The zero-order valence-corrected chi connectivity index (χ0v) is 17.6. The number of esters is 1. The van der Waals surface area contributed by atoms with Crippen LogP contribution in [0.1, 0.15) is 18.9 Å². The van der Waals surface area contributed by atoms with Crippen LogP contribution in [0.3, 0.4) is 0 Å². The van der Waals surface area contributed by atoms with Crippen molar-refractivity contribution < 1.29 is 19.1 Å². The molecule has 1 heterocycles. The Bertz CT molecular complexity index is 695. The molecule has 0 spiro atoms. The van der Waals surface area contributed by atoms with Gasteiger partial charge in [-0.15, -0.1) is 11.8 Å². The summed E-state index contributed by atoms with van der Waals surface area (Å²) in [5, 5.41) is 2.90. The van der Waals surface area contributed by atoms with Crippen LogP contribution in [0.25, 0.3) is 0 Å². The molecule has 1 saturated carbocycles. The summed E-state index contributed by atoms with van der Waals surface area (Å²) in [7, 11) is 0. The van der Waals surface area contributed by atoms with E-state index in [9.17, 15) is 14.4 Å². The van der Waals surface area contributed by atoms with E-state index < -0.39 is 6.04 Å². The van der Waals surface area contributed by atoms with Gasteiger partial charge >= 0.3 is 5.97 Å². The highest BCUT2D eigenvalue weighted by molar-refractivity contribution is 7.99. The first kappa shape index (κ1) is 21.0. The number of carbonyl (C=O) groups is 3. The number of thioether (sulfide) groups is 2. The molecule has 8 heteroatoms. The van der Waals surface area contributed by atoms with Crippen LogP contribution in [0.4, 0.5) is 0 Å². The number of amides is 2. The molecule has 0 unspecified atom stereocenters. The molecule has 3 rings (SSSR count). The molecular weight excluding hydrogens is 396 g/mol. The predicted molar refractivity (Wildman–Crippen MR) is 112 cm³/mol. The maximum atomic E-state index is 12.9. The summed E-state index contributed by atoms with van der Waals surface area (Å²) in [5.41, 5.74) is 1.19. The third-order valence-electron chi connectivity index (χ3n) is 4.79. The Hall–Kier alpha value is -1.67. The molecular formula is C20H26N2O4S2. The molecule has 0 aromatic heterocycles. The number of benzene rings is 1. The number of rotatable bonds is 9. The minimum Gasteiger partial charge on any atom is -0.466 e. The largest absolute Gasteiger partial charge is 0.466 e. The molecule has 6 nitrogen and oxygen atoms in total. The van der Waals surface area contributed by atoms with Crippen molar-refractivity contribution in [3.8, 4) is 0 Å². The number of carbonyl (C=O) groups excluding carboxylic acids is 3. The Balaban J connectivity index is 1.55. The summed E-state index contributed by atoms with van der Waals surface area (Å²) >= 11 is 3.35. The van der Waals surface area contributed by atoms with Gasteiger partial charge in [-0.25, -0.2) is 0 Å². The van der Waals surface area contributed by atoms with E-state index in [0.717, 1.165) is 11.5 Å². The van der Waals surface area contributed by atoms with Crippen molar-refractivity contribution in [2.75, 3.05) is 30.5 Å². The van der Waals surface area contributed by atoms with Gasteiger partial charge in [0, 0.05) is 23.8 Å². The quantitative estimate of drug-likeness (QED) is 0.615. The smallest absolute Gasteiger partial charge is 0.309 e. The third kappa shape index (κ3) is 5.67. The standard InChI is InChI=1S/C20H26N2O4S2/c1-2-26-20(25)16-10-15(16)18(23)21-17(19(24)22-8-9-27-13-22)12-28-11-14-6-4-3-5-7-14/h3-7,15-17H,2,8-13H2,1H3,(H,21,23)/t15-,16-,17-/m0/s1. The molecule has 1 aromatic carbocycles. The van der Waals surface area contributed by atoms with Crippen molar-refractivity contribution in [3.05, 3.63) is 35.9 Å². The van der Waals surface area contributed by atoms with Crippen molar-refractivity contribution in [2.45, 2.75) is 25.1 Å². The Kier molecular flexibility index (Phi) is 7.67. The first-order valence-electron chi connectivity index (χ1n) is 9.55. The number of nitrogens with zero attached hydrogens (tertiary/aromatic N) is 1. The zero-order valence-electron chi connectivity index (χ0n) is 16.0. The summed E-state index contributed by atoms with van der Waals surface area (Å²) in [6, 6.07) is 9.49. The van der Waals surface area contributed by atoms with Gasteiger partial charge in [0.2, 0.25) is 11.8 Å². The lowest BCUT2D eigenvalue weighted by atomic mass is 10.2. The van der Waals surface area contributed by atoms with Gasteiger partial charge in [0.1, 0.15) is 6.04 Å². The first-order valence-corrected chi connectivity index (χ1v) is 11.9. The Morgan fingerprint density at radius 3 is 2.75 bits per heavy atom. The topological polar surface area (TPSA) is 75.7 Å². The maximum Gasteiger partial charge on any atom is 0.309 e. The Morgan fingerprint density at radius 1 is 1.29 bits per heavy atom. The van der Waals surface area contributed by atoms with Crippen LogP contribution < -0.4 is 5.32 Å². The summed E-state index contributed by atoms with van der Waals surface area (Å²) in [6.07, 6.45) is 0.502. The highest BCUT2D eigenvalue weighted by Gasteiger charge is 2.49.